The van der Waals surface area contributed by atoms with E-state index in [0.29, 0.717) is 23.7 Å². The normalized spacial score (nSPS) is 19.9. The molecule has 3 rings (SSSR count). The average Bonchev–Trinajstić information content (AvgIpc) is 3.20. The van der Waals surface area contributed by atoms with Crippen molar-refractivity contribution in [1.82, 2.24) is 10.2 Å². The van der Waals surface area contributed by atoms with E-state index in [1.807, 2.05) is 11.8 Å². The fraction of sp³-hybridized carbons (Fsp3) is 0.650. The molecule has 1 aromatic carbocycles. The van der Waals surface area contributed by atoms with Crippen LogP contribution in [-0.2, 0) is 0 Å². The first-order valence-corrected chi connectivity index (χ1v) is 10.1. The molecule has 2 aliphatic heterocycles. The summed E-state index contributed by atoms with van der Waals surface area (Å²) in [6.07, 6.45) is 3.87. The van der Waals surface area contributed by atoms with Crippen molar-refractivity contribution in [1.29, 1.82) is 0 Å². The lowest BCUT2D eigenvalue weighted by Gasteiger charge is -2.32. The zero-order chi connectivity index (χ0) is 19.4. The summed E-state index contributed by atoms with van der Waals surface area (Å²) in [6, 6.07) is 5.16. The van der Waals surface area contributed by atoms with E-state index in [0.717, 1.165) is 51.9 Å². The Bertz CT molecular complexity index is 686. The van der Waals surface area contributed by atoms with Gasteiger partial charge in [-0.15, -0.1) is 12.4 Å². The lowest BCUT2D eigenvalue weighted by molar-refractivity contribution is -0.384. The van der Waals surface area contributed by atoms with Crippen LogP contribution in [0.2, 0.25) is 0 Å². The number of hydrogen-bond acceptors (Lipinski definition) is 5. The first-order chi connectivity index (χ1) is 13.0. The van der Waals surface area contributed by atoms with Gasteiger partial charge < -0.3 is 15.1 Å². The Balaban J connectivity index is 0.00000280. The van der Waals surface area contributed by atoms with Crippen LogP contribution in [0.15, 0.2) is 18.2 Å². The molecule has 0 aromatic heterocycles. The van der Waals surface area contributed by atoms with Gasteiger partial charge in [0.1, 0.15) is 5.69 Å². The van der Waals surface area contributed by atoms with E-state index >= 15 is 0 Å². The van der Waals surface area contributed by atoms with E-state index in [9.17, 15) is 14.9 Å². The summed E-state index contributed by atoms with van der Waals surface area (Å²) in [5.74, 6) is 0.552. The lowest BCUT2D eigenvalue weighted by Crippen LogP contribution is -2.42. The van der Waals surface area contributed by atoms with Gasteiger partial charge in [0.25, 0.3) is 11.6 Å². The second-order valence-electron chi connectivity index (χ2n) is 7.78. The number of halogens is 1. The molecular weight excluding hydrogens is 380 g/mol. The summed E-state index contributed by atoms with van der Waals surface area (Å²) in [4.78, 5) is 28.4. The van der Waals surface area contributed by atoms with E-state index in [-0.39, 0.29) is 35.0 Å². The fourth-order valence-electron chi connectivity index (χ4n) is 4.08. The maximum Gasteiger partial charge on any atom is 0.293 e. The highest BCUT2D eigenvalue weighted by atomic mass is 35.5. The van der Waals surface area contributed by atoms with Crippen molar-refractivity contribution in [2.75, 3.05) is 37.6 Å². The van der Waals surface area contributed by atoms with Crippen LogP contribution in [0.4, 0.5) is 11.4 Å². The molecule has 7 nitrogen and oxygen atoms in total. The molecule has 2 heterocycles. The standard InChI is InChI=1S/C20H30N4O3.ClH/c1-3-10-23(17-6-9-21-14-17)20(25)16-4-5-18(19(13-16)24(26)27)22-11-7-15(2)8-12-22;/h4-5,13,15,17,21H,3,6-12,14H2,1-2H3;1H. The zero-order valence-corrected chi connectivity index (χ0v) is 17.5. The number of nitrogens with zero attached hydrogens (tertiary/aromatic N) is 3. The van der Waals surface area contributed by atoms with Crippen molar-refractivity contribution in [2.45, 2.75) is 45.6 Å². The first kappa shape index (κ1) is 22.4. The molecule has 2 fully saturated rings. The molecule has 1 atom stereocenters. The number of amides is 1. The minimum atomic E-state index is -0.356. The molecule has 1 unspecified atom stereocenters. The molecule has 0 aliphatic carbocycles. The third-order valence-corrected chi connectivity index (χ3v) is 5.74. The second kappa shape index (κ2) is 10.1. The summed E-state index contributed by atoms with van der Waals surface area (Å²) < 4.78 is 0. The van der Waals surface area contributed by atoms with Crippen molar-refractivity contribution in [3.05, 3.63) is 33.9 Å². The molecule has 156 valence electrons. The van der Waals surface area contributed by atoms with E-state index in [1.165, 1.54) is 6.07 Å². The molecular formula is C20H31ClN4O3. The number of carbonyl (C=O) groups is 1. The molecule has 0 saturated carbocycles. The number of benzene rings is 1. The Kier molecular flexibility index (Phi) is 8.07. The third kappa shape index (κ3) is 4.94. The van der Waals surface area contributed by atoms with Crippen molar-refractivity contribution >= 4 is 29.7 Å². The van der Waals surface area contributed by atoms with Gasteiger partial charge in [0.15, 0.2) is 0 Å². The molecule has 2 aliphatic rings. The van der Waals surface area contributed by atoms with Crippen LogP contribution in [0.1, 0.15) is 49.9 Å². The zero-order valence-electron chi connectivity index (χ0n) is 16.7. The molecule has 1 aromatic rings. The van der Waals surface area contributed by atoms with Gasteiger partial charge in [-0.2, -0.15) is 0 Å². The van der Waals surface area contributed by atoms with Gasteiger partial charge in [0.05, 0.1) is 4.92 Å². The molecule has 8 heteroatoms. The molecule has 1 N–H and O–H groups in total. The number of nitrogens with one attached hydrogen (secondary N) is 1. The Hall–Kier alpha value is -1.86. The smallest absolute Gasteiger partial charge is 0.293 e. The van der Waals surface area contributed by atoms with Crippen LogP contribution in [0.3, 0.4) is 0 Å². The van der Waals surface area contributed by atoms with Crippen molar-refractivity contribution in [3.63, 3.8) is 0 Å². The van der Waals surface area contributed by atoms with Crippen LogP contribution >= 0.6 is 12.4 Å². The number of rotatable bonds is 6. The van der Waals surface area contributed by atoms with Crippen LogP contribution in [-0.4, -0.2) is 54.5 Å². The predicted molar refractivity (Wildman–Crippen MR) is 114 cm³/mol. The number of nitro benzene ring substituents is 1. The van der Waals surface area contributed by atoms with Crippen LogP contribution in [0.25, 0.3) is 0 Å². The van der Waals surface area contributed by atoms with Crippen molar-refractivity contribution in [3.8, 4) is 0 Å². The maximum atomic E-state index is 13.1. The van der Waals surface area contributed by atoms with E-state index in [4.69, 9.17) is 0 Å². The van der Waals surface area contributed by atoms with Crippen LogP contribution in [0.5, 0.6) is 0 Å². The van der Waals surface area contributed by atoms with Crippen LogP contribution in [0, 0.1) is 16.0 Å². The molecule has 0 radical (unpaired) electrons. The Morgan fingerprint density at radius 3 is 2.61 bits per heavy atom. The Morgan fingerprint density at radius 1 is 1.32 bits per heavy atom. The summed E-state index contributed by atoms with van der Waals surface area (Å²) in [5, 5.41) is 15.0. The van der Waals surface area contributed by atoms with E-state index in [2.05, 4.69) is 17.1 Å². The largest absolute Gasteiger partial charge is 0.366 e. The van der Waals surface area contributed by atoms with Gasteiger partial charge in [-0.3, -0.25) is 14.9 Å². The number of nitro groups is 1. The SMILES string of the molecule is CCCN(C(=O)c1ccc(N2CCC(C)CC2)c([N+](=O)[O-])c1)C1CCNC1.Cl. The second-order valence-corrected chi connectivity index (χ2v) is 7.78. The van der Waals surface area contributed by atoms with Gasteiger partial charge in [-0.1, -0.05) is 13.8 Å². The van der Waals surface area contributed by atoms with Gasteiger partial charge in [0.2, 0.25) is 0 Å². The number of hydrogen-bond donors (Lipinski definition) is 1. The molecule has 2 saturated heterocycles. The van der Waals surface area contributed by atoms with Crippen LogP contribution < -0.4 is 10.2 Å². The molecule has 0 spiro atoms. The van der Waals surface area contributed by atoms with E-state index in [1.54, 1.807) is 12.1 Å². The van der Waals surface area contributed by atoms with Gasteiger partial charge >= 0.3 is 0 Å². The third-order valence-electron chi connectivity index (χ3n) is 5.74. The fourth-order valence-corrected chi connectivity index (χ4v) is 4.08. The molecule has 28 heavy (non-hydrogen) atoms. The minimum absolute atomic E-state index is 0. The first-order valence-electron chi connectivity index (χ1n) is 10.1. The summed E-state index contributed by atoms with van der Waals surface area (Å²) in [5.41, 5.74) is 1.08. The number of piperidine rings is 1. The Morgan fingerprint density at radius 2 is 2.04 bits per heavy atom. The highest BCUT2D eigenvalue weighted by Gasteiger charge is 2.29. The quantitative estimate of drug-likeness (QED) is 0.573. The maximum absolute atomic E-state index is 13.1. The lowest BCUT2D eigenvalue weighted by atomic mass is 9.98. The monoisotopic (exact) mass is 410 g/mol. The van der Waals surface area contributed by atoms with Gasteiger partial charge in [-0.05, 0) is 50.3 Å². The molecule has 0 bridgehead atoms. The van der Waals surface area contributed by atoms with Gasteiger partial charge in [0, 0.05) is 43.9 Å². The average molecular weight is 411 g/mol. The topological polar surface area (TPSA) is 78.7 Å². The molecule has 1 amide bonds. The minimum Gasteiger partial charge on any atom is -0.366 e. The highest BCUT2D eigenvalue weighted by Crippen LogP contribution is 2.33. The van der Waals surface area contributed by atoms with Crippen molar-refractivity contribution < 1.29 is 9.72 Å². The van der Waals surface area contributed by atoms with Gasteiger partial charge in [-0.25, -0.2) is 0 Å². The number of carbonyl (C=O) groups excluding carboxylic acids is 1. The summed E-state index contributed by atoms with van der Waals surface area (Å²) in [6.45, 7) is 8.28. The Labute approximate surface area is 173 Å². The highest BCUT2D eigenvalue weighted by molar-refractivity contribution is 5.96. The summed E-state index contributed by atoms with van der Waals surface area (Å²) >= 11 is 0. The van der Waals surface area contributed by atoms with Crippen molar-refractivity contribution in [2.24, 2.45) is 5.92 Å². The number of anilines is 1. The summed E-state index contributed by atoms with van der Waals surface area (Å²) in [7, 11) is 0. The van der Waals surface area contributed by atoms with E-state index < -0.39 is 0 Å². The predicted octanol–water partition coefficient (Wildman–Crippen LogP) is 3.47.